The van der Waals surface area contributed by atoms with Gasteiger partial charge in [-0.25, -0.2) is 8.42 Å². The zero-order chi connectivity index (χ0) is 21.2. The van der Waals surface area contributed by atoms with Gasteiger partial charge in [-0.05, 0) is 23.8 Å². The predicted octanol–water partition coefficient (Wildman–Crippen LogP) is 3.12. The van der Waals surface area contributed by atoms with Crippen molar-refractivity contribution in [2.75, 3.05) is 26.2 Å². The molecule has 1 aliphatic rings. The third-order valence-corrected chi connectivity index (χ3v) is 6.59. The molecular formula is C18H18F3N3O4S. The summed E-state index contributed by atoms with van der Waals surface area (Å²) >= 11 is 0. The van der Waals surface area contributed by atoms with Crippen LogP contribution in [0.3, 0.4) is 0 Å². The number of hydrogen-bond donors (Lipinski definition) is 0. The van der Waals surface area contributed by atoms with Gasteiger partial charge in [0.25, 0.3) is 5.69 Å². The highest BCUT2D eigenvalue weighted by molar-refractivity contribution is 7.89. The number of piperazine rings is 1. The standard InChI is InChI=1S/C18H18F3N3O4S/c19-18(20,21)15-3-1-2-14(12-15)13-22-8-10-23(11-9-22)29(27,28)17-6-4-16(5-7-17)24(25)26/h1-7,12H,8-11,13H2. The molecule has 2 aromatic carbocycles. The van der Waals surface area contributed by atoms with Crippen LogP contribution < -0.4 is 0 Å². The lowest BCUT2D eigenvalue weighted by Gasteiger charge is -2.34. The maximum absolute atomic E-state index is 12.8. The number of non-ortho nitro benzene ring substituents is 1. The van der Waals surface area contributed by atoms with Crippen molar-refractivity contribution in [3.05, 3.63) is 69.8 Å². The zero-order valence-electron chi connectivity index (χ0n) is 15.2. The largest absolute Gasteiger partial charge is 0.416 e. The van der Waals surface area contributed by atoms with E-state index >= 15 is 0 Å². The van der Waals surface area contributed by atoms with Gasteiger partial charge < -0.3 is 0 Å². The van der Waals surface area contributed by atoms with Crippen LogP contribution in [0, 0.1) is 10.1 Å². The fourth-order valence-electron chi connectivity index (χ4n) is 3.12. The summed E-state index contributed by atoms with van der Waals surface area (Å²) in [4.78, 5) is 11.9. The smallest absolute Gasteiger partial charge is 0.296 e. The van der Waals surface area contributed by atoms with Crippen molar-refractivity contribution in [3.8, 4) is 0 Å². The lowest BCUT2D eigenvalue weighted by molar-refractivity contribution is -0.384. The summed E-state index contributed by atoms with van der Waals surface area (Å²) in [5, 5.41) is 10.7. The highest BCUT2D eigenvalue weighted by atomic mass is 32.2. The van der Waals surface area contributed by atoms with E-state index in [1.807, 2.05) is 4.90 Å². The van der Waals surface area contributed by atoms with E-state index in [1.54, 1.807) is 6.07 Å². The molecule has 11 heteroatoms. The Morgan fingerprint density at radius 1 is 1.00 bits per heavy atom. The predicted molar refractivity (Wildman–Crippen MR) is 98.6 cm³/mol. The molecule has 0 unspecified atom stereocenters. The number of halogens is 3. The normalized spacial score (nSPS) is 16.7. The monoisotopic (exact) mass is 429 g/mol. The number of hydrogen-bond acceptors (Lipinski definition) is 5. The molecule has 2 aromatic rings. The Morgan fingerprint density at radius 3 is 2.17 bits per heavy atom. The van der Waals surface area contributed by atoms with E-state index in [1.165, 1.54) is 22.5 Å². The molecule has 29 heavy (non-hydrogen) atoms. The second-order valence-electron chi connectivity index (χ2n) is 6.63. The van der Waals surface area contributed by atoms with Crippen LogP contribution in [-0.4, -0.2) is 48.7 Å². The lowest BCUT2D eigenvalue weighted by Crippen LogP contribution is -2.48. The third kappa shape index (κ3) is 4.92. The van der Waals surface area contributed by atoms with Crippen LogP contribution in [0.25, 0.3) is 0 Å². The number of alkyl halides is 3. The Morgan fingerprint density at radius 2 is 1.62 bits per heavy atom. The van der Waals surface area contributed by atoms with E-state index < -0.39 is 26.7 Å². The molecule has 0 aliphatic carbocycles. The molecule has 0 N–H and O–H groups in total. The Balaban J connectivity index is 1.63. The Labute approximate surface area is 165 Å². The van der Waals surface area contributed by atoms with E-state index in [9.17, 15) is 31.7 Å². The first kappa shape index (κ1) is 21.2. The SMILES string of the molecule is O=[N+]([O-])c1ccc(S(=O)(=O)N2CCN(Cc3cccc(C(F)(F)F)c3)CC2)cc1. The van der Waals surface area contributed by atoms with Crippen LogP contribution in [0.1, 0.15) is 11.1 Å². The van der Waals surface area contributed by atoms with Crippen LogP contribution in [0.15, 0.2) is 53.4 Å². The first-order chi connectivity index (χ1) is 13.6. The number of benzene rings is 2. The minimum absolute atomic E-state index is 0.0329. The van der Waals surface area contributed by atoms with Crippen LogP contribution >= 0.6 is 0 Å². The van der Waals surface area contributed by atoms with Gasteiger partial charge in [-0.2, -0.15) is 17.5 Å². The summed E-state index contributed by atoms with van der Waals surface area (Å²) in [5.41, 5.74) is -0.407. The molecule has 0 aromatic heterocycles. The number of rotatable bonds is 5. The number of nitro groups is 1. The first-order valence-electron chi connectivity index (χ1n) is 8.70. The Kier molecular flexibility index (Phi) is 5.92. The van der Waals surface area contributed by atoms with E-state index in [0.29, 0.717) is 18.7 Å². The minimum Gasteiger partial charge on any atom is -0.296 e. The number of sulfonamides is 1. The third-order valence-electron chi connectivity index (χ3n) is 4.68. The van der Waals surface area contributed by atoms with Gasteiger partial charge in [0, 0.05) is 44.9 Å². The highest BCUT2D eigenvalue weighted by Crippen LogP contribution is 2.30. The molecule has 1 fully saturated rings. The van der Waals surface area contributed by atoms with Gasteiger partial charge >= 0.3 is 6.18 Å². The Hall–Kier alpha value is -2.50. The molecule has 7 nitrogen and oxygen atoms in total. The van der Waals surface area contributed by atoms with Gasteiger partial charge in [-0.1, -0.05) is 18.2 Å². The molecule has 156 valence electrons. The molecule has 1 saturated heterocycles. The van der Waals surface area contributed by atoms with Gasteiger partial charge in [0.15, 0.2) is 0 Å². The van der Waals surface area contributed by atoms with Crippen molar-refractivity contribution in [1.29, 1.82) is 0 Å². The average Bonchev–Trinajstić information content (AvgIpc) is 2.68. The summed E-state index contributed by atoms with van der Waals surface area (Å²) in [7, 11) is -3.79. The second-order valence-corrected chi connectivity index (χ2v) is 8.57. The fraction of sp³-hybridized carbons (Fsp3) is 0.333. The fourth-order valence-corrected chi connectivity index (χ4v) is 4.54. The van der Waals surface area contributed by atoms with Crippen molar-refractivity contribution in [2.24, 2.45) is 0 Å². The van der Waals surface area contributed by atoms with E-state index in [4.69, 9.17) is 0 Å². The van der Waals surface area contributed by atoms with E-state index in [-0.39, 0.29) is 30.2 Å². The number of nitrogens with zero attached hydrogens (tertiary/aromatic N) is 3. The first-order valence-corrected chi connectivity index (χ1v) is 10.1. The van der Waals surface area contributed by atoms with Crippen LogP contribution in [0.5, 0.6) is 0 Å². The number of nitro benzene ring substituents is 1. The summed E-state index contributed by atoms with van der Waals surface area (Å²) in [6.45, 7) is 1.37. The summed E-state index contributed by atoms with van der Waals surface area (Å²) < 4.78 is 65.2. The maximum atomic E-state index is 12.8. The van der Waals surface area contributed by atoms with Gasteiger partial charge in [0.2, 0.25) is 10.0 Å². The average molecular weight is 429 g/mol. The minimum atomic E-state index is -4.41. The molecule has 1 aliphatic heterocycles. The molecular weight excluding hydrogens is 411 g/mol. The molecule has 0 spiro atoms. The molecule has 0 radical (unpaired) electrons. The summed E-state index contributed by atoms with van der Waals surface area (Å²) in [6.07, 6.45) is -4.41. The van der Waals surface area contributed by atoms with Gasteiger partial charge in [0.1, 0.15) is 0 Å². The van der Waals surface area contributed by atoms with E-state index in [0.717, 1.165) is 24.3 Å². The highest BCUT2D eigenvalue weighted by Gasteiger charge is 2.31. The molecule has 0 atom stereocenters. The summed E-state index contributed by atoms with van der Waals surface area (Å²) in [5.74, 6) is 0. The topological polar surface area (TPSA) is 83.8 Å². The molecule has 0 bridgehead atoms. The van der Waals surface area contributed by atoms with Crippen LogP contribution in [-0.2, 0) is 22.7 Å². The Bertz CT molecular complexity index is 986. The van der Waals surface area contributed by atoms with Crippen molar-refractivity contribution in [2.45, 2.75) is 17.6 Å². The molecule has 1 heterocycles. The lowest BCUT2D eigenvalue weighted by atomic mass is 10.1. The van der Waals surface area contributed by atoms with Crippen molar-refractivity contribution >= 4 is 15.7 Å². The van der Waals surface area contributed by atoms with Gasteiger partial charge in [-0.15, -0.1) is 0 Å². The quantitative estimate of drug-likeness (QED) is 0.539. The van der Waals surface area contributed by atoms with Gasteiger partial charge in [0.05, 0.1) is 15.4 Å². The summed E-state index contributed by atoms with van der Waals surface area (Å²) in [6, 6.07) is 9.74. The van der Waals surface area contributed by atoms with Crippen molar-refractivity contribution in [3.63, 3.8) is 0 Å². The van der Waals surface area contributed by atoms with Crippen molar-refractivity contribution in [1.82, 2.24) is 9.21 Å². The maximum Gasteiger partial charge on any atom is 0.416 e. The zero-order valence-corrected chi connectivity index (χ0v) is 16.0. The molecule has 3 rings (SSSR count). The van der Waals surface area contributed by atoms with Crippen molar-refractivity contribution < 1.29 is 26.5 Å². The van der Waals surface area contributed by atoms with Crippen LogP contribution in [0.2, 0.25) is 0 Å². The molecule has 0 amide bonds. The van der Waals surface area contributed by atoms with E-state index in [2.05, 4.69) is 0 Å². The second kappa shape index (κ2) is 8.09. The van der Waals surface area contributed by atoms with Gasteiger partial charge in [-0.3, -0.25) is 15.0 Å². The van der Waals surface area contributed by atoms with Crippen LogP contribution in [0.4, 0.5) is 18.9 Å². The molecule has 0 saturated carbocycles.